The minimum atomic E-state index is -0.720. The first-order valence-electron chi connectivity index (χ1n) is 8.10. The molecule has 0 heterocycles. The van der Waals surface area contributed by atoms with Crippen molar-refractivity contribution in [1.29, 1.82) is 0 Å². The number of hydrogen-bond acceptors (Lipinski definition) is 6. The minimum absolute atomic E-state index is 0.148. The van der Waals surface area contributed by atoms with Crippen molar-refractivity contribution in [2.75, 3.05) is 19.8 Å². The molecule has 25 heavy (non-hydrogen) atoms. The predicted octanol–water partition coefficient (Wildman–Crippen LogP) is 1.98. The number of nitrogens with one attached hydrogen (secondary N) is 1. The van der Waals surface area contributed by atoms with Crippen molar-refractivity contribution in [3.8, 4) is 11.5 Å². The van der Waals surface area contributed by atoms with Gasteiger partial charge in [-0.15, -0.1) is 0 Å². The molecule has 0 radical (unpaired) electrons. The maximum atomic E-state index is 11.7. The monoisotopic (exact) mass is 345 g/mol. The Morgan fingerprint density at radius 2 is 1.56 bits per heavy atom. The first-order valence-corrected chi connectivity index (χ1v) is 8.10. The summed E-state index contributed by atoms with van der Waals surface area (Å²) in [5.74, 6) is 0.812. The van der Waals surface area contributed by atoms with E-state index in [0.717, 1.165) is 0 Å². The van der Waals surface area contributed by atoms with Gasteiger partial charge in [-0.25, -0.2) is 4.79 Å². The molecule has 6 nitrogen and oxygen atoms in total. The van der Waals surface area contributed by atoms with Crippen molar-refractivity contribution in [2.24, 2.45) is 0 Å². The van der Waals surface area contributed by atoms with E-state index < -0.39 is 18.3 Å². The predicted molar refractivity (Wildman–Crippen MR) is 93.4 cm³/mol. The van der Waals surface area contributed by atoms with Crippen LogP contribution in [0, 0.1) is 0 Å². The standard InChI is InChI=1S/C19H23NO5/c1-15(25-19(22)14-24-18-10-6-3-7-11-18)20-12-16(21)13-23-17-8-4-2-5-9-17/h2-11,15-16,20-21H,12-14H2,1H3. The average Bonchev–Trinajstić information content (AvgIpc) is 2.65. The molecule has 0 saturated heterocycles. The maximum Gasteiger partial charge on any atom is 0.345 e. The molecule has 2 unspecified atom stereocenters. The topological polar surface area (TPSA) is 77.0 Å². The summed E-state index contributed by atoms with van der Waals surface area (Å²) in [4.78, 5) is 11.7. The molecule has 2 atom stereocenters. The largest absolute Gasteiger partial charge is 0.491 e. The van der Waals surface area contributed by atoms with Gasteiger partial charge < -0.3 is 19.3 Å². The molecule has 0 bridgehead atoms. The van der Waals surface area contributed by atoms with Crippen LogP contribution in [0.5, 0.6) is 11.5 Å². The van der Waals surface area contributed by atoms with Crippen LogP contribution in [0.3, 0.4) is 0 Å². The van der Waals surface area contributed by atoms with E-state index >= 15 is 0 Å². The highest BCUT2D eigenvalue weighted by atomic mass is 16.6. The zero-order chi connectivity index (χ0) is 17.9. The number of carbonyl (C=O) groups excluding carboxylic acids is 1. The second-order valence-corrected chi connectivity index (χ2v) is 5.42. The molecular formula is C19H23NO5. The molecule has 0 aliphatic carbocycles. The normalized spacial score (nSPS) is 12.9. The van der Waals surface area contributed by atoms with Crippen LogP contribution in [0.4, 0.5) is 0 Å². The van der Waals surface area contributed by atoms with Gasteiger partial charge in [0.2, 0.25) is 0 Å². The molecule has 2 N–H and O–H groups in total. The summed E-state index contributed by atoms with van der Waals surface area (Å²) in [6.07, 6.45) is -1.26. The van der Waals surface area contributed by atoms with E-state index in [1.807, 2.05) is 48.5 Å². The summed E-state index contributed by atoms with van der Waals surface area (Å²) in [6.45, 7) is 1.90. The van der Waals surface area contributed by atoms with Crippen LogP contribution in [0.2, 0.25) is 0 Å². The summed E-state index contributed by atoms with van der Waals surface area (Å²) < 4.78 is 15.9. The van der Waals surface area contributed by atoms with Crippen molar-refractivity contribution in [3.05, 3.63) is 60.7 Å². The summed E-state index contributed by atoms with van der Waals surface area (Å²) in [7, 11) is 0. The van der Waals surface area contributed by atoms with E-state index in [1.165, 1.54) is 0 Å². The van der Waals surface area contributed by atoms with Gasteiger partial charge in [0.05, 0.1) is 0 Å². The summed E-state index contributed by atoms with van der Waals surface area (Å²) in [5, 5.41) is 12.8. The first kappa shape index (κ1) is 18.8. The number of benzene rings is 2. The molecule has 2 aromatic rings. The van der Waals surface area contributed by atoms with Crippen molar-refractivity contribution >= 4 is 5.97 Å². The molecule has 0 saturated carbocycles. The van der Waals surface area contributed by atoms with Gasteiger partial charge in [-0.3, -0.25) is 5.32 Å². The van der Waals surface area contributed by atoms with Gasteiger partial charge in [-0.05, 0) is 31.2 Å². The van der Waals surface area contributed by atoms with E-state index in [-0.39, 0.29) is 19.8 Å². The third-order valence-corrected chi connectivity index (χ3v) is 3.23. The lowest BCUT2D eigenvalue weighted by Crippen LogP contribution is -2.39. The number of hydrogen-bond donors (Lipinski definition) is 2. The molecule has 2 rings (SSSR count). The van der Waals surface area contributed by atoms with Crippen LogP contribution in [0.1, 0.15) is 6.92 Å². The highest BCUT2D eigenvalue weighted by molar-refractivity contribution is 5.71. The fraction of sp³-hybridized carbons (Fsp3) is 0.316. The molecule has 0 amide bonds. The number of aliphatic hydroxyl groups excluding tert-OH is 1. The van der Waals surface area contributed by atoms with E-state index in [0.29, 0.717) is 11.5 Å². The maximum absolute atomic E-state index is 11.7. The van der Waals surface area contributed by atoms with Gasteiger partial charge in [0, 0.05) is 6.54 Å². The average molecular weight is 345 g/mol. The smallest absolute Gasteiger partial charge is 0.345 e. The zero-order valence-corrected chi connectivity index (χ0v) is 14.1. The van der Waals surface area contributed by atoms with E-state index in [9.17, 15) is 9.90 Å². The number of para-hydroxylation sites is 2. The Kier molecular flexibility index (Phi) is 7.75. The van der Waals surface area contributed by atoms with Gasteiger partial charge >= 0.3 is 5.97 Å². The number of rotatable bonds is 10. The van der Waals surface area contributed by atoms with E-state index in [2.05, 4.69) is 5.32 Å². The minimum Gasteiger partial charge on any atom is -0.491 e. The lowest BCUT2D eigenvalue weighted by Gasteiger charge is -2.18. The van der Waals surface area contributed by atoms with Gasteiger partial charge in [-0.1, -0.05) is 36.4 Å². The van der Waals surface area contributed by atoms with Crippen LogP contribution >= 0.6 is 0 Å². The molecule has 0 aliphatic heterocycles. The van der Waals surface area contributed by atoms with Gasteiger partial charge in [0.15, 0.2) is 12.8 Å². The third-order valence-electron chi connectivity index (χ3n) is 3.23. The number of carbonyl (C=O) groups is 1. The molecular weight excluding hydrogens is 322 g/mol. The van der Waals surface area contributed by atoms with Crippen LogP contribution in [-0.2, 0) is 9.53 Å². The Morgan fingerprint density at radius 3 is 2.16 bits per heavy atom. The summed E-state index contributed by atoms with van der Waals surface area (Å²) in [5.41, 5.74) is 0. The summed E-state index contributed by atoms with van der Waals surface area (Å²) >= 11 is 0. The first-order chi connectivity index (χ1) is 12.1. The number of ether oxygens (including phenoxy) is 3. The van der Waals surface area contributed by atoms with Gasteiger partial charge in [0.1, 0.15) is 24.2 Å². The Hall–Kier alpha value is -2.57. The number of aliphatic hydroxyl groups is 1. The van der Waals surface area contributed by atoms with E-state index in [1.54, 1.807) is 19.1 Å². The SMILES string of the molecule is CC(NCC(O)COc1ccccc1)OC(=O)COc1ccccc1. The Morgan fingerprint density at radius 1 is 1.00 bits per heavy atom. The van der Waals surface area contributed by atoms with E-state index in [4.69, 9.17) is 14.2 Å². The number of esters is 1. The molecule has 2 aromatic carbocycles. The molecule has 6 heteroatoms. The van der Waals surface area contributed by atoms with Crippen LogP contribution < -0.4 is 14.8 Å². The Labute approximate surface area is 147 Å². The van der Waals surface area contributed by atoms with Crippen molar-refractivity contribution in [2.45, 2.75) is 19.3 Å². The molecule has 0 aliphatic rings. The van der Waals surface area contributed by atoms with Crippen molar-refractivity contribution < 1.29 is 24.1 Å². The lowest BCUT2D eigenvalue weighted by atomic mass is 10.3. The molecule has 0 spiro atoms. The third kappa shape index (κ3) is 7.69. The Bertz CT molecular complexity index is 620. The molecule has 0 fully saturated rings. The fourth-order valence-corrected chi connectivity index (χ4v) is 2.00. The van der Waals surface area contributed by atoms with Crippen LogP contribution in [-0.4, -0.2) is 43.2 Å². The fourth-order valence-electron chi connectivity index (χ4n) is 2.00. The van der Waals surface area contributed by atoms with Crippen LogP contribution in [0.25, 0.3) is 0 Å². The molecule has 0 aromatic heterocycles. The summed E-state index contributed by atoms with van der Waals surface area (Å²) in [6, 6.07) is 18.3. The highest BCUT2D eigenvalue weighted by Gasteiger charge is 2.12. The van der Waals surface area contributed by atoms with Crippen molar-refractivity contribution in [3.63, 3.8) is 0 Å². The quantitative estimate of drug-likeness (QED) is 0.506. The highest BCUT2D eigenvalue weighted by Crippen LogP contribution is 2.09. The Balaban J connectivity index is 1.59. The lowest BCUT2D eigenvalue weighted by molar-refractivity contribution is -0.152. The van der Waals surface area contributed by atoms with Gasteiger partial charge in [-0.2, -0.15) is 0 Å². The van der Waals surface area contributed by atoms with Crippen molar-refractivity contribution in [1.82, 2.24) is 5.32 Å². The zero-order valence-electron chi connectivity index (χ0n) is 14.1. The van der Waals surface area contributed by atoms with Crippen LogP contribution in [0.15, 0.2) is 60.7 Å². The second kappa shape index (κ2) is 10.3. The molecule has 134 valence electrons. The van der Waals surface area contributed by atoms with Gasteiger partial charge in [0.25, 0.3) is 0 Å². The second-order valence-electron chi connectivity index (χ2n) is 5.42.